The molecule has 7 heteroatoms. The molecule has 0 amide bonds. The largest absolute Gasteiger partial charge is 0.440 e. The monoisotopic (exact) mass is 347 g/mol. The van der Waals surface area contributed by atoms with Crippen molar-refractivity contribution in [2.75, 3.05) is 5.73 Å². The smallest absolute Gasteiger partial charge is 0.281 e. The number of aromatic nitrogens is 4. The van der Waals surface area contributed by atoms with Crippen LogP contribution in [-0.4, -0.2) is 19.5 Å². The van der Waals surface area contributed by atoms with Gasteiger partial charge >= 0.3 is 0 Å². The Morgan fingerprint density at radius 1 is 1.19 bits per heavy atom. The number of anilines is 1. The van der Waals surface area contributed by atoms with Gasteiger partial charge < -0.3 is 14.7 Å². The molecule has 3 heterocycles. The van der Waals surface area contributed by atoms with Crippen LogP contribution in [0.4, 0.5) is 5.95 Å². The summed E-state index contributed by atoms with van der Waals surface area (Å²) in [5.74, 6) is 0.738. The maximum absolute atomic E-state index is 13.1. The first kappa shape index (κ1) is 15.1. The molecule has 7 nitrogen and oxygen atoms in total. The summed E-state index contributed by atoms with van der Waals surface area (Å²) in [5, 5.41) is 0.907. The van der Waals surface area contributed by atoms with Crippen molar-refractivity contribution in [1.29, 1.82) is 0 Å². The second-order valence-corrected chi connectivity index (χ2v) is 6.78. The molecular formula is C19H17N5O2. The molecule has 0 saturated heterocycles. The second-order valence-electron chi connectivity index (χ2n) is 6.78. The molecule has 0 bridgehead atoms. The lowest BCUT2D eigenvalue weighted by molar-refractivity contribution is 0.563. The predicted octanol–water partition coefficient (Wildman–Crippen LogP) is 3.13. The highest BCUT2D eigenvalue weighted by molar-refractivity contribution is 6.04. The number of aryl methyl sites for hydroxylation is 2. The number of nitrogen functional groups attached to an aromatic ring is 1. The van der Waals surface area contributed by atoms with Crippen LogP contribution in [0.1, 0.15) is 30.3 Å². The van der Waals surface area contributed by atoms with E-state index in [1.807, 2.05) is 23.6 Å². The van der Waals surface area contributed by atoms with Crippen molar-refractivity contribution in [3.8, 4) is 11.1 Å². The zero-order valence-corrected chi connectivity index (χ0v) is 14.5. The van der Waals surface area contributed by atoms with Crippen LogP contribution in [0.3, 0.4) is 0 Å². The van der Waals surface area contributed by atoms with E-state index in [1.165, 1.54) is 0 Å². The van der Waals surface area contributed by atoms with Gasteiger partial charge in [-0.05, 0) is 37.0 Å². The van der Waals surface area contributed by atoms with E-state index in [0.29, 0.717) is 17.0 Å². The maximum Gasteiger partial charge on any atom is 0.281 e. The summed E-state index contributed by atoms with van der Waals surface area (Å²) < 4.78 is 7.65. The minimum atomic E-state index is -0.0827. The van der Waals surface area contributed by atoms with Gasteiger partial charge in [0.15, 0.2) is 17.0 Å². The van der Waals surface area contributed by atoms with Crippen molar-refractivity contribution >= 4 is 28.0 Å². The standard InChI is InChI=1S/C19H17N5O2/c1-9-13(11-7-21-19(20)22-8-11)5-6-14-16(9)24(12-3-4-12)18(25)15-17(14)26-10(2)23-15/h5-8,12H,3-4H2,1-2H3,(H2,20,21,22). The fraction of sp³-hybridized carbons (Fsp3) is 0.263. The normalized spacial score (nSPS) is 14.4. The molecule has 0 radical (unpaired) electrons. The van der Waals surface area contributed by atoms with Crippen LogP contribution in [0.5, 0.6) is 0 Å². The van der Waals surface area contributed by atoms with Gasteiger partial charge in [0.2, 0.25) is 5.95 Å². The first-order valence-electron chi connectivity index (χ1n) is 8.57. The van der Waals surface area contributed by atoms with Crippen LogP contribution in [-0.2, 0) is 0 Å². The van der Waals surface area contributed by atoms with Gasteiger partial charge in [0, 0.05) is 36.3 Å². The van der Waals surface area contributed by atoms with E-state index in [4.69, 9.17) is 10.2 Å². The van der Waals surface area contributed by atoms with Crippen LogP contribution < -0.4 is 11.3 Å². The molecule has 1 fully saturated rings. The molecule has 26 heavy (non-hydrogen) atoms. The lowest BCUT2D eigenvalue weighted by Crippen LogP contribution is -2.20. The fourth-order valence-electron chi connectivity index (χ4n) is 3.64. The Bertz CT molecular complexity index is 1230. The summed E-state index contributed by atoms with van der Waals surface area (Å²) in [6, 6.07) is 4.22. The molecule has 2 N–H and O–H groups in total. The van der Waals surface area contributed by atoms with E-state index in [9.17, 15) is 4.79 Å². The SMILES string of the molecule is Cc1nc2c(=O)n(C3CC3)c3c(C)c(-c4cnc(N)nc4)ccc3c2o1. The minimum absolute atomic E-state index is 0.0827. The molecule has 0 unspecified atom stereocenters. The number of oxazole rings is 1. The Kier molecular flexibility index (Phi) is 2.98. The summed E-state index contributed by atoms with van der Waals surface area (Å²) >= 11 is 0. The molecule has 3 aromatic heterocycles. The highest BCUT2D eigenvalue weighted by Gasteiger charge is 2.30. The molecule has 0 aliphatic heterocycles. The average Bonchev–Trinajstić information content (AvgIpc) is 3.37. The number of hydrogen-bond acceptors (Lipinski definition) is 6. The lowest BCUT2D eigenvalue weighted by Gasteiger charge is -2.15. The third kappa shape index (κ3) is 2.06. The van der Waals surface area contributed by atoms with Crippen LogP contribution in [0.25, 0.3) is 33.1 Å². The molecular weight excluding hydrogens is 330 g/mol. The third-order valence-corrected chi connectivity index (χ3v) is 4.97. The van der Waals surface area contributed by atoms with Crippen LogP contribution in [0.2, 0.25) is 0 Å². The van der Waals surface area contributed by atoms with Crippen molar-refractivity contribution in [2.24, 2.45) is 0 Å². The van der Waals surface area contributed by atoms with Crippen LogP contribution >= 0.6 is 0 Å². The Labute approximate surface area is 148 Å². The molecule has 1 aliphatic rings. The van der Waals surface area contributed by atoms with E-state index in [1.54, 1.807) is 19.3 Å². The highest BCUT2D eigenvalue weighted by atomic mass is 16.3. The zero-order chi connectivity index (χ0) is 18.0. The van der Waals surface area contributed by atoms with Crippen molar-refractivity contribution in [1.82, 2.24) is 19.5 Å². The number of benzene rings is 1. The first-order valence-corrected chi connectivity index (χ1v) is 8.57. The average molecular weight is 347 g/mol. The summed E-state index contributed by atoms with van der Waals surface area (Å²) in [6.45, 7) is 3.78. The molecule has 0 spiro atoms. The third-order valence-electron chi connectivity index (χ3n) is 4.97. The minimum Gasteiger partial charge on any atom is -0.440 e. The van der Waals surface area contributed by atoms with Gasteiger partial charge in [0.25, 0.3) is 5.56 Å². The summed E-state index contributed by atoms with van der Waals surface area (Å²) in [5.41, 5.74) is 10.2. The second kappa shape index (κ2) is 5.14. The van der Waals surface area contributed by atoms with Gasteiger partial charge in [0.05, 0.1) is 5.52 Å². The number of hydrogen-bond donors (Lipinski definition) is 1. The van der Waals surface area contributed by atoms with E-state index >= 15 is 0 Å². The number of nitrogens with two attached hydrogens (primary N) is 1. The van der Waals surface area contributed by atoms with Crippen molar-refractivity contribution in [3.05, 3.63) is 46.3 Å². The number of pyridine rings is 1. The Hall–Kier alpha value is -3.22. The fourth-order valence-corrected chi connectivity index (χ4v) is 3.64. The highest BCUT2D eigenvalue weighted by Crippen LogP contribution is 2.40. The van der Waals surface area contributed by atoms with Crippen LogP contribution in [0, 0.1) is 13.8 Å². The van der Waals surface area contributed by atoms with Gasteiger partial charge in [-0.1, -0.05) is 6.07 Å². The van der Waals surface area contributed by atoms with Crippen molar-refractivity contribution in [2.45, 2.75) is 32.7 Å². The topological polar surface area (TPSA) is 99.8 Å². The summed E-state index contributed by atoms with van der Waals surface area (Å²) in [6.07, 6.45) is 5.42. The molecule has 4 aromatic rings. The molecule has 1 aromatic carbocycles. The van der Waals surface area contributed by atoms with E-state index in [2.05, 4.69) is 15.0 Å². The molecule has 1 aliphatic carbocycles. The molecule has 1 saturated carbocycles. The van der Waals surface area contributed by atoms with Crippen molar-refractivity contribution < 1.29 is 4.42 Å². The van der Waals surface area contributed by atoms with Gasteiger partial charge in [-0.2, -0.15) is 0 Å². The van der Waals surface area contributed by atoms with Crippen LogP contribution in [0.15, 0.2) is 33.7 Å². The summed E-state index contributed by atoms with van der Waals surface area (Å²) in [4.78, 5) is 25.6. The van der Waals surface area contributed by atoms with Gasteiger partial charge in [-0.25, -0.2) is 15.0 Å². The number of nitrogens with zero attached hydrogens (tertiary/aromatic N) is 4. The lowest BCUT2D eigenvalue weighted by atomic mass is 9.99. The van der Waals surface area contributed by atoms with E-state index < -0.39 is 0 Å². The molecule has 130 valence electrons. The van der Waals surface area contributed by atoms with Gasteiger partial charge in [0.1, 0.15) is 0 Å². The Morgan fingerprint density at radius 3 is 2.62 bits per heavy atom. The predicted molar refractivity (Wildman–Crippen MR) is 99.0 cm³/mol. The Morgan fingerprint density at radius 2 is 1.92 bits per heavy atom. The summed E-state index contributed by atoms with van der Waals surface area (Å²) in [7, 11) is 0. The number of rotatable bonds is 2. The maximum atomic E-state index is 13.1. The first-order chi connectivity index (χ1) is 12.5. The quantitative estimate of drug-likeness (QED) is 0.598. The zero-order valence-electron chi connectivity index (χ0n) is 14.5. The molecule has 0 atom stereocenters. The van der Waals surface area contributed by atoms with E-state index in [0.717, 1.165) is 40.4 Å². The van der Waals surface area contributed by atoms with Crippen molar-refractivity contribution in [3.63, 3.8) is 0 Å². The van der Waals surface area contributed by atoms with E-state index in [-0.39, 0.29) is 17.5 Å². The Balaban J connectivity index is 1.92. The number of fused-ring (bicyclic) bond motifs is 3. The molecule has 5 rings (SSSR count). The van der Waals surface area contributed by atoms with Gasteiger partial charge in [-0.15, -0.1) is 0 Å². The van der Waals surface area contributed by atoms with Gasteiger partial charge in [-0.3, -0.25) is 4.79 Å².